The van der Waals surface area contributed by atoms with Gasteiger partial charge >= 0.3 is 5.97 Å². The average Bonchev–Trinajstić information content (AvgIpc) is 3.15. The lowest BCUT2D eigenvalue weighted by Crippen LogP contribution is -2.35. The van der Waals surface area contributed by atoms with Crippen LogP contribution in [0.2, 0.25) is 0 Å². The van der Waals surface area contributed by atoms with Gasteiger partial charge in [-0.3, -0.25) is 24.5 Å². The van der Waals surface area contributed by atoms with E-state index < -0.39 is 30.3 Å². The van der Waals surface area contributed by atoms with Crippen LogP contribution in [0.1, 0.15) is 23.7 Å². The van der Waals surface area contributed by atoms with Crippen molar-refractivity contribution in [3.8, 4) is 5.75 Å². The molecular weight excluding hydrogens is 388 g/mol. The molecule has 30 heavy (non-hydrogen) atoms. The zero-order valence-electron chi connectivity index (χ0n) is 16.5. The number of imide groups is 1. The quantitative estimate of drug-likeness (QED) is 0.700. The fourth-order valence-corrected chi connectivity index (χ4v) is 3.08. The number of benzene rings is 2. The van der Waals surface area contributed by atoms with E-state index in [1.54, 1.807) is 54.6 Å². The van der Waals surface area contributed by atoms with Crippen molar-refractivity contribution in [1.82, 2.24) is 5.32 Å². The third kappa shape index (κ3) is 5.22. The maximum Gasteiger partial charge on any atom is 0.311 e. The van der Waals surface area contributed by atoms with Crippen molar-refractivity contribution in [3.05, 3.63) is 60.2 Å². The summed E-state index contributed by atoms with van der Waals surface area (Å²) in [7, 11) is 0. The molecule has 8 nitrogen and oxygen atoms in total. The molecule has 1 saturated heterocycles. The van der Waals surface area contributed by atoms with E-state index in [2.05, 4.69) is 5.32 Å². The van der Waals surface area contributed by atoms with Crippen molar-refractivity contribution >= 4 is 29.4 Å². The number of nitrogens with one attached hydrogen (secondary N) is 1. The molecule has 1 unspecified atom stereocenters. The number of hydrogen-bond donors (Lipinski definition) is 1. The van der Waals surface area contributed by atoms with Gasteiger partial charge in [-0.15, -0.1) is 0 Å². The summed E-state index contributed by atoms with van der Waals surface area (Å²) in [5, 5.41) is 2.16. The highest BCUT2D eigenvalue weighted by Crippen LogP contribution is 2.27. The molecule has 3 rings (SSSR count). The third-order valence-corrected chi connectivity index (χ3v) is 4.55. The van der Waals surface area contributed by atoms with Gasteiger partial charge in [-0.05, 0) is 43.3 Å². The molecule has 2 aromatic rings. The fraction of sp³-hybridized carbons (Fsp3) is 0.273. The largest absolute Gasteiger partial charge is 0.494 e. The van der Waals surface area contributed by atoms with Crippen molar-refractivity contribution in [2.45, 2.75) is 13.3 Å². The first kappa shape index (κ1) is 21.0. The summed E-state index contributed by atoms with van der Waals surface area (Å²) in [5.74, 6) is -2.15. The highest BCUT2D eigenvalue weighted by molar-refractivity contribution is 6.05. The van der Waals surface area contributed by atoms with Gasteiger partial charge in [0.2, 0.25) is 5.91 Å². The number of anilines is 1. The number of carbonyl (C=O) groups is 4. The summed E-state index contributed by atoms with van der Waals surface area (Å²) < 4.78 is 10.4. The van der Waals surface area contributed by atoms with E-state index in [4.69, 9.17) is 9.47 Å². The van der Waals surface area contributed by atoms with Crippen molar-refractivity contribution in [3.63, 3.8) is 0 Å². The molecule has 0 bridgehead atoms. The number of hydrogen-bond acceptors (Lipinski definition) is 6. The van der Waals surface area contributed by atoms with Crippen LogP contribution in [0, 0.1) is 5.92 Å². The lowest BCUT2D eigenvalue weighted by Gasteiger charge is -2.17. The number of ether oxygens (including phenoxy) is 2. The Balaban J connectivity index is 1.49. The van der Waals surface area contributed by atoms with Crippen LogP contribution in [0.5, 0.6) is 5.75 Å². The molecule has 3 amide bonds. The lowest BCUT2D eigenvalue weighted by atomic mass is 10.1. The topological polar surface area (TPSA) is 102 Å². The van der Waals surface area contributed by atoms with Crippen LogP contribution in [0.15, 0.2) is 54.6 Å². The monoisotopic (exact) mass is 410 g/mol. The van der Waals surface area contributed by atoms with Crippen LogP contribution in [-0.4, -0.2) is 43.4 Å². The molecule has 2 aromatic carbocycles. The molecule has 1 heterocycles. The second-order valence-corrected chi connectivity index (χ2v) is 6.68. The maximum atomic E-state index is 12.3. The SMILES string of the molecule is CCOc1ccc(N2CC(C(=O)OCC(=O)NC(=O)c3ccccc3)CC2=O)cc1. The van der Waals surface area contributed by atoms with Gasteiger partial charge in [0.1, 0.15) is 5.75 Å². The standard InChI is InChI=1S/C22H22N2O6/c1-2-29-18-10-8-17(9-11-18)24-13-16(12-20(24)26)22(28)30-14-19(25)23-21(27)15-6-4-3-5-7-15/h3-11,16H,2,12-14H2,1H3,(H,23,25,27). The Bertz CT molecular complexity index is 926. The summed E-state index contributed by atoms with van der Waals surface area (Å²) in [6.07, 6.45) is -0.00336. The summed E-state index contributed by atoms with van der Waals surface area (Å²) in [6, 6.07) is 15.2. The predicted octanol–water partition coefficient (Wildman–Crippen LogP) is 1.94. The van der Waals surface area contributed by atoms with Gasteiger partial charge < -0.3 is 14.4 Å². The molecule has 1 fully saturated rings. The Morgan fingerprint density at radius 1 is 1.07 bits per heavy atom. The Hall–Kier alpha value is -3.68. The maximum absolute atomic E-state index is 12.3. The van der Waals surface area contributed by atoms with Crippen molar-refractivity contribution < 1.29 is 28.7 Å². The summed E-state index contributed by atoms with van der Waals surface area (Å²) in [4.78, 5) is 49.9. The van der Waals surface area contributed by atoms with Gasteiger partial charge in [0.05, 0.1) is 12.5 Å². The Kier molecular flexibility index (Phi) is 6.79. The molecular formula is C22H22N2O6. The van der Waals surface area contributed by atoms with Gasteiger partial charge in [0.15, 0.2) is 6.61 Å². The van der Waals surface area contributed by atoms with Gasteiger partial charge in [0, 0.05) is 24.2 Å². The molecule has 1 aliphatic heterocycles. The van der Waals surface area contributed by atoms with Gasteiger partial charge in [0.25, 0.3) is 11.8 Å². The number of esters is 1. The normalized spacial score (nSPS) is 15.6. The van der Waals surface area contributed by atoms with E-state index in [0.29, 0.717) is 23.6 Å². The van der Waals surface area contributed by atoms with Crippen LogP contribution in [-0.2, 0) is 19.1 Å². The van der Waals surface area contributed by atoms with Crippen molar-refractivity contribution in [2.24, 2.45) is 5.92 Å². The zero-order valence-corrected chi connectivity index (χ0v) is 16.5. The minimum Gasteiger partial charge on any atom is -0.494 e. The summed E-state index contributed by atoms with van der Waals surface area (Å²) >= 11 is 0. The van der Waals surface area contributed by atoms with Gasteiger partial charge in [-0.2, -0.15) is 0 Å². The second kappa shape index (κ2) is 9.69. The molecule has 0 saturated carbocycles. The zero-order chi connectivity index (χ0) is 21.5. The van der Waals surface area contributed by atoms with Crippen LogP contribution in [0.4, 0.5) is 5.69 Å². The molecule has 0 spiro atoms. The van der Waals surface area contributed by atoms with Crippen molar-refractivity contribution in [2.75, 3.05) is 24.7 Å². The van der Waals surface area contributed by atoms with Crippen LogP contribution in [0.25, 0.3) is 0 Å². The lowest BCUT2D eigenvalue weighted by molar-refractivity contribution is -0.152. The van der Waals surface area contributed by atoms with E-state index >= 15 is 0 Å². The first-order valence-electron chi connectivity index (χ1n) is 9.57. The Morgan fingerprint density at radius 2 is 1.77 bits per heavy atom. The minimum atomic E-state index is -0.732. The van der Waals surface area contributed by atoms with Crippen molar-refractivity contribution in [1.29, 1.82) is 0 Å². The minimum absolute atomic E-state index is 0.00336. The molecule has 0 aromatic heterocycles. The first-order valence-corrected chi connectivity index (χ1v) is 9.57. The van der Waals surface area contributed by atoms with E-state index in [1.165, 1.54) is 4.90 Å². The number of amides is 3. The molecule has 1 aliphatic rings. The van der Waals surface area contributed by atoms with Gasteiger partial charge in [-0.1, -0.05) is 18.2 Å². The molecule has 0 radical (unpaired) electrons. The highest BCUT2D eigenvalue weighted by Gasteiger charge is 2.36. The highest BCUT2D eigenvalue weighted by atomic mass is 16.5. The average molecular weight is 410 g/mol. The van der Waals surface area contributed by atoms with Crippen LogP contribution < -0.4 is 15.0 Å². The number of carbonyl (C=O) groups excluding carboxylic acids is 4. The molecule has 156 valence electrons. The van der Waals surface area contributed by atoms with E-state index in [9.17, 15) is 19.2 Å². The Morgan fingerprint density at radius 3 is 2.43 bits per heavy atom. The first-order chi connectivity index (χ1) is 14.5. The van der Waals surface area contributed by atoms with E-state index in [0.717, 1.165) is 0 Å². The van der Waals surface area contributed by atoms with E-state index in [1.807, 2.05) is 6.92 Å². The van der Waals surface area contributed by atoms with Gasteiger partial charge in [-0.25, -0.2) is 0 Å². The summed E-state index contributed by atoms with van der Waals surface area (Å²) in [5.41, 5.74) is 0.981. The number of nitrogens with zero attached hydrogens (tertiary/aromatic N) is 1. The van der Waals surface area contributed by atoms with Crippen LogP contribution in [0.3, 0.4) is 0 Å². The summed E-state index contributed by atoms with van der Waals surface area (Å²) in [6.45, 7) is 1.99. The molecule has 1 atom stereocenters. The third-order valence-electron chi connectivity index (χ3n) is 4.55. The predicted molar refractivity (Wildman–Crippen MR) is 108 cm³/mol. The number of rotatable bonds is 7. The van der Waals surface area contributed by atoms with E-state index in [-0.39, 0.29) is 18.9 Å². The smallest absolute Gasteiger partial charge is 0.311 e. The molecule has 1 N–H and O–H groups in total. The molecule has 8 heteroatoms. The second-order valence-electron chi connectivity index (χ2n) is 6.68. The Labute approximate surface area is 173 Å². The van der Waals surface area contributed by atoms with Crippen LogP contribution >= 0.6 is 0 Å². The molecule has 0 aliphatic carbocycles. The fourth-order valence-electron chi connectivity index (χ4n) is 3.08.